The zero-order chi connectivity index (χ0) is 26.3. The molecule has 2 fully saturated rings. The van der Waals surface area contributed by atoms with E-state index in [-0.39, 0.29) is 24.0 Å². The van der Waals surface area contributed by atoms with Gasteiger partial charge >= 0.3 is 23.2 Å². The van der Waals surface area contributed by atoms with Crippen molar-refractivity contribution in [1.82, 2.24) is 10.4 Å². The summed E-state index contributed by atoms with van der Waals surface area (Å²) in [7, 11) is 0. The zero-order valence-corrected chi connectivity index (χ0v) is 18.9. The molecule has 13 nitrogen and oxygen atoms in total. The minimum Gasteiger partial charge on any atom is -0.480 e. The molecule has 0 aromatic carbocycles. The number of amides is 3. The summed E-state index contributed by atoms with van der Waals surface area (Å²) in [5.74, 6) is -3.62. The van der Waals surface area contributed by atoms with Crippen molar-refractivity contribution in [2.45, 2.75) is 50.5 Å². The first kappa shape index (κ1) is 26.1. The SMILES string of the molecule is O=C(NC1(C(=O)O)CCCCC1)c1ccc(=O)oc1.O=C(ON1C(=O)CCC1=O)c1ccc(=O)oc1. The summed E-state index contributed by atoms with van der Waals surface area (Å²) in [6.07, 6.45) is 5.35. The topological polar surface area (TPSA) is 190 Å². The van der Waals surface area contributed by atoms with E-state index in [1.165, 1.54) is 12.1 Å². The van der Waals surface area contributed by atoms with Crippen molar-refractivity contribution in [1.29, 1.82) is 0 Å². The fourth-order valence-corrected chi connectivity index (χ4v) is 3.59. The number of carbonyl (C=O) groups is 5. The fourth-order valence-electron chi connectivity index (χ4n) is 3.59. The average molecular weight is 502 g/mol. The van der Waals surface area contributed by atoms with E-state index in [4.69, 9.17) is 0 Å². The number of imide groups is 1. The molecule has 3 heterocycles. The molecule has 36 heavy (non-hydrogen) atoms. The van der Waals surface area contributed by atoms with E-state index in [1.807, 2.05) is 0 Å². The maximum Gasteiger partial charge on any atom is 0.367 e. The highest BCUT2D eigenvalue weighted by Gasteiger charge is 2.41. The molecule has 0 spiro atoms. The number of rotatable bonds is 5. The Morgan fingerprint density at radius 2 is 1.36 bits per heavy atom. The summed E-state index contributed by atoms with van der Waals surface area (Å²) < 4.78 is 9.05. The Morgan fingerprint density at radius 3 is 1.83 bits per heavy atom. The first-order chi connectivity index (χ1) is 17.1. The van der Waals surface area contributed by atoms with Crippen molar-refractivity contribution in [3.8, 4) is 0 Å². The molecular weight excluding hydrogens is 480 g/mol. The summed E-state index contributed by atoms with van der Waals surface area (Å²) in [6, 6.07) is 4.66. The Bertz CT molecular complexity index is 1230. The molecule has 1 saturated heterocycles. The van der Waals surface area contributed by atoms with Gasteiger partial charge in [0.15, 0.2) is 0 Å². The van der Waals surface area contributed by atoms with Gasteiger partial charge in [0.1, 0.15) is 18.1 Å². The molecule has 2 aliphatic rings. The monoisotopic (exact) mass is 502 g/mol. The van der Waals surface area contributed by atoms with Crippen molar-refractivity contribution < 1.29 is 42.8 Å². The number of nitrogens with one attached hydrogen (secondary N) is 1. The molecule has 13 heteroatoms. The predicted octanol–water partition coefficient (Wildman–Crippen LogP) is 1.02. The Kier molecular flexibility index (Phi) is 8.14. The van der Waals surface area contributed by atoms with Gasteiger partial charge in [-0.25, -0.2) is 19.2 Å². The second kappa shape index (κ2) is 11.3. The molecule has 1 aliphatic carbocycles. The van der Waals surface area contributed by atoms with E-state index < -0.39 is 46.5 Å². The van der Waals surface area contributed by atoms with E-state index in [9.17, 15) is 38.7 Å². The number of carboxylic acids is 1. The van der Waals surface area contributed by atoms with E-state index in [1.54, 1.807) is 0 Å². The maximum atomic E-state index is 12.0. The minimum absolute atomic E-state index is 0.0238. The number of carboxylic acid groups (broad SMARTS) is 1. The second-order valence-corrected chi connectivity index (χ2v) is 8.05. The molecular formula is C23H22N2O11. The second-order valence-electron chi connectivity index (χ2n) is 8.05. The largest absolute Gasteiger partial charge is 0.480 e. The Balaban J connectivity index is 0.000000202. The van der Waals surface area contributed by atoms with Crippen LogP contribution in [0.5, 0.6) is 0 Å². The summed E-state index contributed by atoms with van der Waals surface area (Å²) in [5, 5.41) is 12.3. The fraction of sp³-hybridized carbons (Fsp3) is 0.348. The summed E-state index contributed by atoms with van der Waals surface area (Å²) >= 11 is 0. The van der Waals surface area contributed by atoms with Crippen LogP contribution < -0.4 is 16.6 Å². The maximum absolute atomic E-state index is 12.0. The van der Waals surface area contributed by atoms with Gasteiger partial charge in [-0.3, -0.25) is 14.4 Å². The van der Waals surface area contributed by atoms with Gasteiger partial charge in [0.2, 0.25) is 0 Å². The van der Waals surface area contributed by atoms with Crippen LogP contribution in [0.4, 0.5) is 0 Å². The van der Waals surface area contributed by atoms with Gasteiger partial charge in [-0.05, 0) is 25.0 Å². The van der Waals surface area contributed by atoms with E-state index in [0.717, 1.165) is 43.9 Å². The van der Waals surface area contributed by atoms with Crippen molar-refractivity contribution >= 4 is 29.7 Å². The van der Waals surface area contributed by atoms with Crippen LogP contribution >= 0.6 is 0 Å². The van der Waals surface area contributed by atoms with Crippen molar-refractivity contribution in [3.63, 3.8) is 0 Å². The van der Waals surface area contributed by atoms with E-state index in [0.29, 0.717) is 17.9 Å². The normalized spacial score (nSPS) is 16.5. The standard InChI is InChI=1S/C13H15NO5.C10H7NO6/c15-10-5-4-9(8-19-10)11(16)14-13(12(17)18)6-2-1-3-7-13;12-7-2-3-8(13)11(7)17-10(15)6-1-4-9(14)16-5-6/h4-5,8H,1-3,6-7H2,(H,14,16)(H,17,18);1,4-5H,2-3H2. The zero-order valence-electron chi connectivity index (χ0n) is 18.9. The molecule has 0 radical (unpaired) electrons. The lowest BCUT2D eigenvalue weighted by Gasteiger charge is -2.33. The van der Waals surface area contributed by atoms with Gasteiger partial charge < -0.3 is 24.1 Å². The van der Waals surface area contributed by atoms with Crippen LogP contribution in [0.2, 0.25) is 0 Å². The van der Waals surface area contributed by atoms with Crippen LogP contribution in [0, 0.1) is 0 Å². The average Bonchev–Trinajstić information content (AvgIpc) is 3.17. The Hall–Kier alpha value is -4.55. The molecule has 2 aromatic rings. The van der Waals surface area contributed by atoms with Crippen LogP contribution in [0.25, 0.3) is 0 Å². The van der Waals surface area contributed by atoms with Crippen molar-refractivity contribution in [2.75, 3.05) is 0 Å². The number of carbonyl (C=O) groups excluding carboxylic acids is 4. The highest BCUT2D eigenvalue weighted by Crippen LogP contribution is 2.28. The third-order valence-corrected chi connectivity index (χ3v) is 5.55. The minimum atomic E-state index is -1.20. The van der Waals surface area contributed by atoms with Gasteiger partial charge in [-0.1, -0.05) is 19.3 Å². The number of hydroxylamine groups is 2. The molecule has 0 atom stereocenters. The first-order valence-corrected chi connectivity index (χ1v) is 10.9. The highest BCUT2D eigenvalue weighted by molar-refractivity contribution is 6.02. The van der Waals surface area contributed by atoms with Crippen LogP contribution in [0.1, 0.15) is 65.7 Å². The smallest absolute Gasteiger partial charge is 0.367 e. The molecule has 2 N–H and O–H groups in total. The van der Waals surface area contributed by atoms with Gasteiger partial charge in [-0.2, -0.15) is 0 Å². The van der Waals surface area contributed by atoms with Crippen LogP contribution in [0.15, 0.2) is 55.2 Å². The third kappa shape index (κ3) is 6.31. The molecule has 190 valence electrons. The molecule has 3 amide bonds. The van der Waals surface area contributed by atoms with E-state index >= 15 is 0 Å². The molecule has 2 aromatic heterocycles. The summed E-state index contributed by atoms with van der Waals surface area (Å²) in [5.41, 5.74) is -2.29. The van der Waals surface area contributed by atoms with Crippen molar-refractivity contribution in [2.24, 2.45) is 0 Å². The molecule has 4 rings (SSSR count). The van der Waals surface area contributed by atoms with Gasteiger partial charge in [0.05, 0.1) is 11.1 Å². The number of hydrogen-bond acceptors (Lipinski definition) is 10. The lowest BCUT2D eigenvalue weighted by Crippen LogP contribution is -2.55. The number of aliphatic carboxylic acids is 1. The quantitative estimate of drug-likeness (QED) is 0.555. The Labute approximate surface area is 202 Å². The lowest BCUT2D eigenvalue weighted by molar-refractivity contribution is -0.172. The van der Waals surface area contributed by atoms with Crippen molar-refractivity contribution in [3.05, 3.63) is 68.8 Å². The summed E-state index contributed by atoms with van der Waals surface area (Å²) in [4.78, 5) is 83.3. The Morgan fingerprint density at radius 1 is 0.833 bits per heavy atom. The number of hydrogen-bond donors (Lipinski definition) is 2. The van der Waals surface area contributed by atoms with Crippen LogP contribution in [-0.4, -0.2) is 45.4 Å². The molecule has 1 aliphatic heterocycles. The highest BCUT2D eigenvalue weighted by atomic mass is 16.7. The lowest BCUT2D eigenvalue weighted by atomic mass is 9.81. The third-order valence-electron chi connectivity index (χ3n) is 5.55. The van der Waals surface area contributed by atoms with Crippen LogP contribution in [-0.2, 0) is 19.2 Å². The van der Waals surface area contributed by atoms with Gasteiger partial charge in [0, 0.05) is 25.0 Å². The van der Waals surface area contributed by atoms with Gasteiger partial charge in [-0.15, -0.1) is 5.06 Å². The van der Waals surface area contributed by atoms with Crippen LogP contribution in [0.3, 0.4) is 0 Å². The molecule has 0 bridgehead atoms. The molecule has 0 unspecified atom stereocenters. The van der Waals surface area contributed by atoms with Gasteiger partial charge in [0.25, 0.3) is 17.7 Å². The van der Waals surface area contributed by atoms with E-state index in [2.05, 4.69) is 19.0 Å². The number of nitrogens with zero attached hydrogens (tertiary/aromatic N) is 1. The summed E-state index contributed by atoms with van der Waals surface area (Å²) in [6.45, 7) is 0. The molecule has 1 saturated carbocycles. The first-order valence-electron chi connectivity index (χ1n) is 10.9. The predicted molar refractivity (Wildman–Crippen MR) is 117 cm³/mol.